The Morgan fingerprint density at radius 1 is 1.12 bits per heavy atom. The average Bonchev–Trinajstić information content (AvgIpc) is 3.07. The van der Waals surface area contributed by atoms with Gasteiger partial charge < -0.3 is 9.64 Å². The number of carbonyl (C=O) groups excluding carboxylic acids is 1. The average molecular weight is 351 g/mol. The van der Waals surface area contributed by atoms with E-state index in [-0.39, 0.29) is 18.3 Å². The second-order valence-corrected chi connectivity index (χ2v) is 6.23. The zero-order valence-corrected chi connectivity index (χ0v) is 14.4. The molecule has 0 radical (unpaired) electrons. The van der Waals surface area contributed by atoms with Crippen molar-refractivity contribution in [1.82, 2.24) is 9.78 Å². The molecule has 1 aliphatic rings. The third-order valence-corrected chi connectivity index (χ3v) is 4.44. The van der Waals surface area contributed by atoms with E-state index in [0.717, 1.165) is 11.3 Å². The van der Waals surface area contributed by atoms with Crippen molar-refractivity contribution in [3.05, 3.63) is 77.4 Å². The third-order valence-electron chi connectivity index (χ3n) is 4.44. The fourth-order valence-electron chi connectivity index (χ4n) is 3.10. The van der Waals surface area contributed by atoms with Gasteiger partial charge in [0.05, 0.1) is 6.54 Å². The largest absolute Gasteiger partial charge is 0.487 e. The van der Waals surface area contributed by atoms with Crippen molar-refractivity contribution in [1.29, 1.82) is 0 Å². The zero-order valence-electron chi connectivity index (χ0n) is 14.4. The molecule has 1 amide bonds. The number of nitrogens with zero attached hydrogens (tertiary/aromatic N) is 3. The Bertz CT molecular complexity index is 950. The van der Waals surface area contributed by atoms with E-state index in [9.17, 15) is 9.18 Å². The van der Waals surface area contributed by atoms with Crippen molar-refractivity contribution in [2.24, 2.45) is 0 Å². The fraction of sp³-hybridized carbons (Fsp3) is 0.200. The molecule has 0 fully saturated rings. The minimum atomic E-state index is -0.309. The van der Waals surface area contributed by atoms with Crippen molar-refractivity contribution in [2.45, 2.75) is 20.1 Å². The molecular weight excluding hydrogens is 333 g/mol. The van der Waals surface area contributed by atoms with E-state index in [1.165, 1.54) is 12.1 Å². The molecule has 0 saturated carbocycles. The van der Waals surface area contributed by atoms with Gasteiger partial charge in [0.15, 0.2) is 0 Å². The lowest BCUT2D eigenvalue weighted by Gasteiger charge is -2.28. The Kier molecular flexibility index (Phi) is 4.16. The first-order chi connectivity index (χ1) is 12.6. The third kappa shape index (κ3) is 3.06. The number of aromatic nitrogens is 2. The highest BCUT2D eigenvalue weighted by molar-refractivity contribution is 6.06. The van der Waals surface area contributed by atoms with E-state index < -0.39 is 0 Å². The summed E-state index contributed by atoms with van der Waals surface area (Å²) in [5.41, 5.74) is 3.21. The van der Waals surface area contributed by atoms with Gasteiger partial charge in [-0.3, -0.25) is 9.48 Å². The van der Waals surface area contributed by atoms with Crippen molar-refractivity contribution >= 4 is 11.6 Å². The molecule has 0 spiro atoms. The molecule has 2 aromatic carbocycles. The Morgan fingerprint density at radius 2 is 1.88 bits per heavy atom. The molecule has 0 saturated heterocycles. The topological polar surface area (TPSA) is 47.4 Å². The van der Waals surface area contributed by atoms with Crippen LogP contribution in [0.1, 0.15) is 21.7 Å². The summed E-state index contributed by atoms with van der Waals surface area (Å²) in [4.78, 5) is 14.7. The number of benzene rings is 2. The summed E-state index contributed by atoms with van der Waals surface area (Å²) in [7, 11) is 0. The molecule has 0 aliphatic carbocycles. The Labute approximate surface area is 150 Å². The highest BCUT2D eigenvalue weighted by Crippen LogP contribution is 2.25. The molecule has 0 atom stereocenters. The summed E-state index contributed by atoms with van der Waals surface area (Å²) in [6, 6.07) is 15.4. The Balaban J connectivity index is 1.52. The number of hydrogen-bond acceptors (Lipinski definition) is 3. The van der Waals surface area contributed by atoms with E-state index in [4.69, 9.17) is 4.74 Å². The highest BCUT2D eigenvalue weighted by Gasteiger charge is 2.28. The number of carbonyl (C=O) groups is 1. The van der Waals surface area contributed by atoms with Crippen LogP contribution >= 0.6 is 0 Å². The van der Waals surface area contributed by atoms with Crippen LogP contribution in [0, 0.1) is 12.7 Å². The monoisotopic (exact) mass is 351 g/mol. The molecule has 0 N–H and O–H groups in total. The van der Waals surface area contributed by atoms with E-state index >= 15 is 0 Å². The zero-order chi connectivity index (χ0) is 18.1. The van der Waals surface area contributed by atoms with Crippen LogP contribution in [-0.4, -0.2) is 22.2 Å². The molecule has 2 heterocycles. The molecule has 132 valence electrons. The van der Waals surface area contributed by atoms with E-state index in [0.29, 0.717) is 30.2 Å². The molecule has 3 aromatic rings. The smallest absolute Gasteiger partial charge is 0.276 e. The van der Waals surface area contributed by atoms with Crippen LogP contribution in [0.5, 0.6) is 5.75 Å². The summed E-state index contributed by atoms with van der Waals surface area (Å²) >= 11 is 0. The predicted molar refractivity (Wildman–Crippen MR) is 95.8 cm³/mol. The highest BCUT2D eigenvalue weighted by atomic mass is 19.1. The number of hydrogen-bond donors (Lipinski definition) is 0. The van der Waals surface area contributed by atoms with Crippen molar-refractivity contribution < 1.29 is 13.9 Å². The normalized spacial score (nSPS) is 13.6. The van der Waals surface area contributed by atoms with Gasteiger partial charge in [-0.2, -0.15) is 5.10 Å². The van der Waals surface area contributed by atoms with Gasteiger partial charge in [0.25, 0.3) is 5.91 Å². The molecular formula is C20H18FN3O2. The SMILES string of the molecule is Cc1ccccc1N1CCn2nc(COc3ccc(F)cc3)cc2C1=O. The molecule has 6 heteroatoms. The van der Waals surface area contributed by atoms with Gasteiger partial charge in [-0.25, -0.2) is 4.39 Å². The second-order valence-electron chi connectivity index (χ2n) is 6.23. The Morgan fingerprint density at radius 3 is 2.65 bits per heavy atom. The summed E-state index contributed by atoms with van der Waals surface area (Å²) in [6.45, 7) is 3.43. The van der Waals surface area contributed by atoms with Gasteiger partial charge in [-0.1, -0.05) is 18.2 Å². The standard InChI is InChI=1S/C20H18FN3O2/c1-14-4-2-3-5-18(14)23-10-11-24-19(20(23)25)12-16(22-24)13-26-17-8-6-15(21)7-9-17/h2-9,12H,10-11,13H2,1H3. The first-order valence-electron chi connectivity index (χ1n) is 8.44. The summed E-state index contributed by atoms with van der Waals surface area (Å²) < 4.78 is 20.3. The maximum absolute atomic E-state index is 12.9. The number of para-hydroxylation sites is 1. The van der Waals surface area contributed by atoms with Crippen molar-refractivity contribution in [3.8, 4) is 5.75 Å². The molecule has 1 aliphatic heterocycles. The fourth-order valence-corrected chi connectivity index (χ4v) is 3.10. The molecule has 4 rings (SSSR count). The number of aryl methyl sites for hydroxylation is 1. The van der Waals surface area contributed by atoms with Crippen LogP contribution < -0.4 is 9.64 Å². The Hall–Kier alpha value is -3.15. The van der Waals surface area contributed by atoms with Gasteiger partial charge in [0.2, 0.25) is 0 Å². The number of ether oxygens (including phenoxy) is 1. The van der Waals surface area contributed by atoms with E-state index in [1.807, 2.05) is 31.2 Å². The second kappa shape index (κ2) is 6.63. The number of amides is 1. The van der Waals surface area contributed by atoms with Crippen LogP contribution in [0.4, 0.5) is 10.1 Å². The maximum Gasteiger partial charge on any atom is 0.276 e. The quantitative estimate of drug-likeness (QED) is 0.722. The van der Waals surface area contributed by atoms with Crippen molar-refractivity contribution in [3.63, 3.8) is 0 Å². The summed E-state index contributed by atoms with van der Waals surface area (Å²) in [6.07, 6.45) is 0. The van der Waals surface area contributed by atoms with Gasteiger partial charge in [0, 0.05) is 12.2 Å². The lowest BCUT2D eigenvalue weighted by Crippen LogP contribution is -2.40. The summed E-state index contributed by atoms with van der Waals surface area (Å²) in [5.74, 6) is 0.188. The molecule has 26 heavy (non-hydrogen) atoms. The number of fused-ring (bicyclic) bond motifs is 1. The van der Waals surface area contributed by atoms with Gasteiger partial charge in [-0.15, -0.1) is 0 Å². The van der Waals surface area contributed by atoms with Gasteiger partial charge >= 0.3 is 0 Å². The van der Waals surface area contributed by atoms with Gasteiger partial charge in [-0.05, 0) is 48.9 Å². The summed E-state index contributed by atoms with van der Waals surface area (Å²) in [5, 5.41) is 4.45. The van der Waals surface area contributed by atoms with E-state index in [2.05, 4.69) is 5.10 Å². The molecule has 0 bridgehead atoms. The van der Waals surface area contributed by atoms with Crippen LogP contribution in [0.25, 0.3) is 0 Å². The number of anilines is 1. The number of rotatable bonds is 4. The maximum atomic E-state index is 12.9. The first-order valence-corrected chi connectivity index (χ1v) is 8.44. The first kappa shape index (κ1) is 16.3. The van der Waals surface area contributed by atoms with E-state index in [1.54, 1.807) is 27.8 Å². The van der Waals surface area contributed by atoms with Crippen LogP contribution in [0.15, 0.2) is 54.6 Å². The van der Waals surface area contributed by atoms with Crippen LogP contribution in [-0.2, 0) is 13.2 Å². The lowest BCUT2D eigenvalue weighted by atomic mass is 10.1. The predicted octanol–water partition coefficient (Wildman–Crippen LogP) is 3.57. The van der Waals surface area contributed by atoms with Crippen LogP contribution in [0.2, 0.25) is 0 Å². The van der Waals surface area contributed by atoms with Crippen molar-refractivity contribution in [2.75, 3.05) is 11.4 Å². The molecule has 5 nitrogen and oxygen atoms in total. The minimum absolute atomic E-state index is 0.0638. The van der Waals surface area contributed by atoms with Crippen LogP contribution in [0.3, 0.4) is 0 Å². The number of halogens is 1. The lowest BCUT2D eigenvalue weighted by molar-refractivity contribution is 0.0962. The molecule has 0 unspecified atom stereocenters. The minimum Gasteiger partial charge on any atom is -0.487 e. The molecule has 1 aromatic heterocycles. The van der Waals surface area contributed by atoms with Gasteiger partial charge in [0.1, 0.15) is 29.6 Å².